The van der Waals surface area contributed by atoms with Crippen LogP contribution >= 0.6 is 0 Å². The fraction of sp³-hybridized carbons (Fsp3) is 0.643. The van der Waals surface area contributed by atoms with Crippen LogP contribution in [0.5, 0.6) is 0 Å². The molecule has 0 radical (unpaired) electrons. The lowest BCUT2D eigenvalue weighted by Gasteiger charge is -2.17. The van der Waals surface area contributed by atoms with Gasteiger partial charge in [-0.25, -0.2) is 4.79 Å². The van der Waals surface area contributed by atoms with E-state index in [-0.39, 0.29) is 24.8 Å². The number of hydrogen-bond donors (Lipinski definition) is 3. The van der Waals surface area contributed by atoms with Gasteiger partial charge in [0, 0.05) is 32.1 Å². The van der Waals surface area contributed by atoms with Crippen LogP contribution in [0.3, 0.4) is 0 Å². The number of rotatable bonds is 7. The van der Waals surface area contributed by atoms with Gasteiger partial charge in [0.25, 0.3) is 0 Å². The smallest absolute Gasteiger partial charge is 0.351 e. The second-order valence-electron chi connectivity index (χ2n) is 5.34. The van der Waals surface area contributed by atoms with E-state index in [9.17, 15) is 9.59 Å². The first-order valence-electron chi connectivity index (χ1n) is 7.55. The van der Waals surface area contributed by atoms with Gasteiger partial charge in [0.1, 0.15) is 18.1 Å². The largest absolute Gasteiger partial charge is 0.459 e. The second-order valence-corrected chi connectivity index (χ2v) is 5.34. The Labute approximate surface area is 133 Å². The zero-order valence-electron chi connectivity index (χ0n) is 12.8. The monoisotopic (exact) mass is 326 g/mol. The molecule has 9 nitrogen and oxygen atoms in total. The molecule has 1 aromatic rings. The predicted molar refractivity (Wildman–Crippen MR) is 81.3 cm³/mol. The summed E-state index contributed by atoms with van der Waals surface area (Å²) in [6.07, 6.45) is 1.27. The van der Waals surface area contributed by atoms with Crippen LogP contribution in [0.4, 0.5) is 5.82 Å². The number of nitrogens with zero attached hydrogens (tertiary/aromatic N) is 2. The third kappa shape index (κ3) is 4.50. The van der Waals surface area contributed by atoms with Crippen LogP contribution in [0, 0.1) is 0 Å². The Bertz CT molecular complexity index is 591. The molecule has 1 aliphatic heterocycles. The molecule has 23 heavy (non-hydrogen) atoms. The highest BCUT2D eigenvalue weighted by Crippen LogP contribution is 2.31. The predicted octanol–water partition coefficient (Wildman–Crippen LogP) is -0.854. The Morgan fingerprint density at radius 2 is 2.35 bits per heavy atom. The maximum atomic E-state index is 11.9. The summed E-state index contributed by atoms with van der Waals surface area (Å²) in [6.45, 7) is 0.300. The van der Waals surface area contributed by atoms with Crippen LogP contribution in [-0.4, -0.2) is 46.0 Å². The maximum absolute atomic E-state index is 11.9. The molecular weight excluding hydrogens is 304 g/mol. The summed E-state index contributed by atoms with van der Waals surface area (Å²) in [5.74, 6) is -0.240. The van der Waals surface area contributed by atoms with Gasteiger partial charge in [-0.1, -0.05) is 0 Å². The molecule has 0 aliphatic carbocycles. The van der Waals surface area contributed by atoms with Gasteiger partial charge in [0.05, 0.1) is 6.10 Å². The van der Waals surface area contributed by atoms with E-state index < -0.39 is 24.1 Å². The summed E-state index contributed by atoms with van der Waals surface area (Å²) >= 11 is 0. The first-order chi connectivity index (χ1) is 11.0. The van der Waals surface area contributed by atoms with Crippen molar-refractivity contribution in [1.29, 1.82) is 0 Å². The molecule has 0 amide bonds. The lowest BCUT2D eigenvalue weighted by molar-refractivity contribution is -0.152. The first kappa shape index (κ1) is 17.4. The molecule has 0 saturated carbocycles. The van der Waals surface area contributed by atoms with Gasteiger partial charge < -0.3 is 26.0 Å². The molecule has 0 spiro atoms. The number of carbonyl (C=O) groups is 1. The summed E-state index contributed by atoms with van der Waals surface area (Å²) in [7, 11) is 0. The van der Waals surface area contributed by atoms with E-state index in [1.54, 1.807) is 0 Å². The van der Waals surface area contributed by atoms with E-state index >= 15 is 0 Å². The Balaban J connectivity index is 2.07. The number of aromatic nitrogens is 2. The van der Waals surface area contributed by atoms with Crippen molar-refractivity contribution in [2.45, 2.75) is 44.1 Å². The fourth-order valence-electron chi connectivity index (χ4n) is 2.50. The van der Waals surface area contributed by atoms with Crippen molar-refractivity contribution < 1.29 is 19.4 Å². The molecule has 0 aromatic carbocycles. The molecular formula is C14H22N4O5. The molecule has 3 unspecified atom stereocenters. The van der Waals surface area contributed by atoms with Gasteiger partial charge >= 0.3 is 11.7 Å². The second kappa shape index (κ2) is 8.04. The van der Waals surface area contributed by atoms with Gasteiger partial charge in [-0.3, -0.25) is 9.36 Å². The minimum atomic E-state index is -0.612. The van der Waals surface area contributed by atoms with Crippen molar-refractivity contribution in [1.82, 2.24) is 9.55 Å². The van der Waals surface area contributed by atoms with Crippen molar-refractivity contribution in [3.63, 3.8) is 0 Å². The van der Waals surface area contributed by atoms with Crippen LogP contribution in [0.15, 0.2) is 17.1 Å². The van der Waals surface area contributed by atoms with E-state index in [0.717, 1.165) is 0 Å². The SMILES string of the molecule is NCCCC(=O)OC1CC(n2ccc(N)nc2=O)OC1CCO. The molecule has 5 N–H and O–H groups in total. The lowest BCUT2D eigenvalue weighted by Crippen LogP contribution is -2.28. The maximum Gasteiger partial charge on any atom is 0.351 e. The Kier molecular flexibility index (Phi) is 6.08. The van der Waals surface area contributed by atoms with Gasteiger partial charge in [0.15, 0.2) is 0 Å². The summed E-state index contributed by atoms with van der Waals surface area (Å²) < 4.78 is 12.4. The van der Waals surface area contributed by atoms with E-state index in [1.807, 2.05) is 0 Å². The van der Waals surface area contributed by atoms with Crippen molar-refractivity contribution in [3.8, 4) is 0 Å². The van der Waals surface area contributed by atoms with E-state index in [2.05, 4.69) is 4.98 Å². The first-order valence-corrected chi connectivity index (χ1v) is 7.55. The molecule has 0 bridgehead atoms. The van der Waals surface area contributed by atoms with Gasteiger partial charge in [-0.2, -0.15) is 4.98 Å². The summed E-state index contributed by atoms with van der Waals surface area (Å²) in [5, 5.41) is 9.13. The zero-order chi connectivity index (χ0) is 16.8. The molecule has 9 heteroatoms. The van der Waals surface area contributed by atoms with Crippen molar-refractivity contribution in [2.75, 3.05) is 18.9 Å². The standard InChI is InChI=1S/C14H22N4O5/c15-5-1-2-13(20)23-10-8-12(22-9(10)4-7-19)18-6-3-11(16)17-14(18)21/h3,6,9-10,12,19H,1-2,4-5,7-8,15H2,(H2,16,17,21). The van der Waals surface area contributed by atoms with E-state index in [1.165, 1.54) is 16.8 Å². The number of aliphatic hydroxyl groups is 1. The van der Waals surface area contributed by atoms with Gasteiger partial charge in [0.2, 0.25) is 0 Å². The number of nitrogen functional groups attached to an aromatic ring is 1. The van der Waals surface area contributed by atoms with Gasteiger partial charge in [-0.05, 0) is 19.0 Å². The topological polar surface area (TPSA) is 143 Å². The van der Waals surface area contributed by atoms with Crippen molar-refractivity contribution >= 4 is 11.8 Å². The van der Waals surface area contributed by atoms with E-state index in [4.69, 9.17) is 26.0 Å². The Hall–Kier alpha value is -1.97. The number of aliphatic hydroxyl groups excluding tert-OH is 1. The molecule has 1 fully saturated rings. The third-order valence-electron chi connectivity index (χ3n) is 3.62. The van der Waals surface area contributed by atoms with Crippen LogP contribution in [0.25, 0.3) is 0 Å². The number of ether oxygens (including phenoxy) is 2. The Morgan fingerprint density at radius 3 is 3.00 bits per heavy atom. The normalized spacial score (nSPS) is 23.8. The lowest BCUT2D eigenvalue weighted by atomic mass is 10.1. The number of esters is 1. The zero-order valence-corrected chi connectivity index (χ0v) is 12.8. The van der Waals surface area contributed by atoms with Crippen LogP contribution in [0.1, 0.15) is 31.9 Å². The van der Waals surface area contributed by atoms with Crippen LogP contribution < -0.4 is 17.2 Å². The molecule has 1 saturated heterocycles. The molecule has 3 atom stereocenters. The van der Waals surface area contributed by atoms with E-state index in [0.29, 0.717) is 25.8 Å². The minimum Gasteiger partial charge on any atom is -0.459 e. The number of hydrogen-bond acceptors (Lipinski definition) is 8. The minimum absolute atomic E-state index is 0.108. The third-order valence-corrected chi connectivity index (χ3v) is 3.62. The summed E-state index contributed by atoms with van der Waals surface area (Å²) in [6, 6.07) is 1.49. The van der Waals surface area contributed by atoms with Crippen LogP contribution in [-0.2, 0) is 14.3 Å². The molecule has 128 valence electrons. The summed E-state index contributed by atoms with van der Waals surface area (Å²) in [5.41, 5.74) is 10.3. The molecule has 1 aliphatic rings. The van der Waals surface area contributed by atoms with Crippen LogP contribution in [0.2, 0.25) is 0 Å². The quantitative estimate of drug-likeness (QED) is 0.550. The van der Waals surface area contributed by atoms with Crippen molar-refractivity contribution in [3.05, 3.63) is 22.7 Å². The number of anilines is 1. The number of carbonyl (C=O) groups excluding carboxylic acids is 1. The molecule has 1 aromatic heterocycles. The average Bonchev–Trinajstić information content (AvgIpc) is 2.88. The average molecular weight is 326 g/mol. The molecule has 2 heterocycles. The van der Waals surface area contributed by atoms with Gasteiger partial charge in [-0.15, -0.1) is 0 Å². The Morgan fingerprint density at radius 1 is 1.57 bits per heavy atom. The van der Waals surface area contributed by atoms with Crippen molar-refractivity contribution in [2.24, 2.45) is 5.73 Å². The number of nitrogens with two attached hydrogens (primary N) is 2. The highest BCUT2D eigenvalue weighted by molar-refractivity contribution is 5.69. The molecule has 2 rings (SSSR count). The fourth-order valence-corrected chi connectivity index (χ4v) is 2.50. The highest BCUT2D eigenvalue weighted by Gasteiger charge is 2.38. The summed E-state index contributed by atoms with van der Waals surface area (Å²) in [4.78, 5) is 27.3. The highest BCUT2D eigenvalue weighted by atomic mass is 16.6.